The molecule has 2 aliphatic heterocycles. The smallest absolute Gasteiger partial charge is 0.271 e. The molecule has 1 unspecified atom stereocenters. The standard InChI is InChI=1S/C13H21FN4O/c14-13(9-15)4-2-6-18(13)12(19)11(16)7-10-3-1-5-17-8-10/h10-11,17H,1-8,16H2/t10?,11-,13+/m0/s1. The number of nitrogens with two attached hydrogens (primary N) is 1. The van der Waals surface area contributed by atoms with Crippen molar-refractivity contribution in [3.8, 4) is 6.07 Å². The van der Waals surface area contributed by atoms with Gasteiger partial charge < -0.3 is 11.1 Å². The van der Waals surface area contributed by atoms with Crippen LogP contribution in [0.4, 0.5) is 4.39 Å². The van der Waals surface area contributed by atoms with Crippen molar-refractivity contribution in [2.45, 2.75) is 43.9 Å². The number of nitrogens with one attached hydrogen (secondary N) is 1. The number of carbonyl (C=O) groups excluding carboxylic acids is 1. The third-order valence-corrected chi connectivity index (χ3v) is 4.06. The van der Waals surface area contributed by atoms with Crippen molar-refractivity contribution >= 4 is 5.91 Å². The van der Waals surface area contributed by atoms with Crippen LogP contribution in [0.3, 0.4) is 0 Å². The molecule has 0 spiro atoms. The predicted octanol–water partition coefficient (Wildman–Crippen LogP) is 0.515. The van der Waals surface area contributed by atoms with Gasteiger partial charge in [0.1, 0.15) is 6.07 Å². The van der Waals surface area contributed by atoms with Gasteiger partial charge in [-0.25, -0.2) is 4.39 Å². The van der Waals surface area contributed by atoms with Gasteiger partial charge in [-0.05, 0) is 44.7 Å². The summed E-state index contributed by atoms with van der Waals surface area (Å²) in [5.41, 5.74) is 5.91. The van der Waals surface area contributed by atoms with Crippen molar-refractivity contribution in [3.63, 3.8) is 0 Å². The monoisotopic (exact) mass is 268 g/mol. The van der Waals surface area contributed by atoms with E-state index >= 15 is 0 Å². The minimum absolute atomic E-state index is 0.0902. The van der Waals surface area contributed by atoms with Crippen LogP contribution in [0.2, 0.25) is 0 Å². The van der Waals surface area contributed by atoms with E-state index in [-0.39, 0.29) is 6.42 Å². The number of piperidine rings is 1. The molecule has 19 heavy (non-hydrogen) atoms. The molecule has 2 rings (SSSR count). The molecule has 0 aromatic heterocycles. The summed E-state index contributed by atoms with van der Waals surface area (Å²) in [6.07, 6.45) is 3.30. The molecule has 0 radical (unpaired) electrons. The molecule has 3 N–H and O–H groups in total. The highest BCUT2D eigenvalue weighted by molar-refractivity contribution is 5.83. The van der Waals surface area contributed by atoms with E-state index in [0.29, 0.717) is 25.3 Å². The average molecular weight is 268 g/mol. The van der Waals surface area contributed by atoms with Crippen LogP contribution in [0.5, 0.6) is 0 Å². The van der Waals surface area contributed by atoms with Crippen LogP contribution in [0, 0.1) is 17.2 Å². The molecule has 2 fully saturated rings. The number of amides is 1. The highest BCUT2D eigenvalue weighted by Gasteiger charge is 2.45. The van der Waals surface area contributed by atoms with Crippen LogP contribution >= 0.6 is 0 Å². The zero-order valence-electron chi connectivity index (χ0n) is 11.1. The number of halogens is 1. The summed E-state index contributed by atoms with van der Waals surface area (Å²) in [6, 6.07) is 0.898. The van der Waals surface area contributed by atoms with Crippen molar-refractivity contribution in [2.24, 2.45) is 11.7 Å². The Morgan fingerprint density at radius 1 is 1.63 bits per heavy atom. The molecule has 2 aliphatic rings. The van der Waals surface area contributed by atoms with Crippen LogP contribution in [0.25, 0.3) is 0 Å². The first-order valence-electron chi connectivity index (χ1n) is 6.95. The molecule has 2 heterocycles. The third kappa shape index (κ3) is 3.04. The molecule has 6 heteroatoms. The zero-order chi connectivity index (χ0) is 13.9. The Hall–Kier alpha value is -1.19. The summed E-state index contributed by atoms with van der Waals surface area (Å²) in [6.45, 7) is 2.16. The number of nitrogens with zero attached hydrogens (tertiary/aromatic N) is 2. The topological polar surface area (TPSA) is 82.2 Å². The van der Waals surface area contributed by atoms with Crippen molar-refractivity contribution < 1.29 is 9.18 Å². The Balaban J connectivity index is 1.93. The van der Waals surface area contributed by atoms with Crippen LogP contribution in [-0.4, -0.2) is 42.3 Å². The van der Waals surface area contributed by atoms with E-state index in [1.807, 2.05) is 0 Å². The van der Waals surface area contributed by atoms with Gasteiger partial charge in [-0.2, -0.15) is 5.26 Å². The van der Waals surface area contributed by atoms with Crippen molar-refractivity contribution in [2.75, 3.05) is 19.6 Å². The SMILES string of the molecule is N#C[C@@]1(F)CCCN1C(=O)[C@@H](N)CC1CCCNC1. The number of hydrogen-bond donors (Lipinski definition) is 2. The number of alkyl halides is 1. The van der Waals surface area contributed by atoms with Gasteiger partial charge in [0.05, 0.1) is 6.04 Å². The maximum atomic E-state index is 14.2. The molecule has 0 saturated carbocycles. The van der Waals surface area contributed by atoms with E-state index in [9.17, 15) is 9.18 Å². The fraction of sp³-hybridized carbons (Fsp3) is 0.846. The van der Waals surface area contributed by atoms with Gasteiger partial charge in [0.15, 0.2) is 0 Å². The van der Waals surface area contributed by atoms with E-state index in [4.69, 9.17) is 11.0 Å². The maximum absolute atomic E-state index is 14.2. The summed E-state index contributed by atoms with van der Waals surface area (Å²) >= 11 is 0. The second-order valence-corrected chi connectivity index (χ2v) is 5.52. The quantitative estimate of drug-likeness (QED) is 0.731. The molecule has 0 aromatic carbocycles. The second-order valence-electron chi connectivity index (χ2n) is 5.52. The fourth-order valence-electron chi connectivity index (χ4n) is 2.97. The summed E-state index contributed by atoms with van der Waals surface area (Å²) in [4.78, 5) is 13.2. The van der Waals surface area contributed by atoms with E-state index in [1.54, 1.807) is 6.07 Å². The van der Waals surface area contributed by atoms with Crippen LogP contribution in [0.15, 0.2) is 0 Å². The lowest BCUT2D eigenvalue weighted by molar-refractivity contribution is -0.140. The first-order chi connectivity index (χ1) is 9.07. The van der Waals surface area contributed by atoms with E-state index in [0.717, 1.165) is 30.8 Å². The Kier molecular flexibility index (Phi) is 4.38. The van der Waals surface area contributed by atoms with E-state index in [1.165, 1.54) is 0 Å². The third-order valence-electron chi connectivity index (χ3n) is 4.06. The second kappa shape index (κ2) is 5.85. The van der Waals surface area contributed by atoms with Gasteiger partial charge in [0.2, 0.25) is 5.91 Å². The van der Waals surface area contributed by atoms with Crippen molar-refractivity contribution in [3.05, 3.63) is 0 Å². The fourth-order valence-corrected chi connectivity index (χ4v) is 2.97. The summed E-state index contributed by atoms with van der Waals surface area (Å²) in [7, 11) is 0. The molecule has 1 amide bonds. The highest BCUT2D eigenvalue weighted by atomic mass is 19.1. The Labute approximate surface area is 112 Å². The lowest BCUT2D eigenvalue weighted by Crippen LogP contribution is -2.51. The lowest BCUT2D eigenvalue weighted by atomic mass is 9.92. The molecule has 0 aromatic rings. The van der Waals surface area contributed by atoms with Gasteiger partial charge >= 0.3 is 0 Å². The van der Waals surface area contributed by atoms with Crippen LogP contribution < -0.4 is 11.1 Å². The van der Waals surface area contributed by atoms with Gasteiger partial charge in [-0.15, -0.1) is 0 Å². The number of hydrogen-bond acceptors (Lipinski definition) is 4. The highest BCUT2D eigenvalue weighted by Crippen LogP contribution is 2.31. The molecule has 0 aliphatic carbocycles. The minimum atomic E-state index is -2.15. The molecule has 2 saturated heterocycles. The van der Waals surface area contributed by atoms with Gasteiger partial charge in [-0.3, -0.25) is 9.69 Å². The van der Waals surface area contributed by atoms with Crippen LogP contribution in [0.1, 0.15) is 32.1 Å². The number of nitriles is 1. The Morgan fingerprint density at radius 2 is 2.42 bits per heavy atom. The maximum Gasteiger partial charge on any atom is 0.271 e. The largest absolute Gasteiger partial charge is 0.320 e. The summed E-state index contributed by atoms with van der Waals surface area (Å²) in [5, 5.41) is 12.1. The minimum Gasteiger partial charge on any atom is -0.320 e. The molecule has 106 valence electrons. The first-order valence-corrected chi connectivity index (χ1v) is 6.95. The number of carbonyl (C=O) groups is 1. The number of likely N-dealkylation sites (tertiary alicyclic amines) is 1. The van der Waals surface area contributed by atoms with E-state index < -0.39 is 17.7 Å². The zero-order valence-corrected chi connectivity index (χ0v) is 11.1. The molecular weight excluding hydrogens is 247 g/mol. The lowest BCUT2D eigenvalue weighted by Gasteiger charge is -2.30. The van der Waals surface area contributed by atoms with E-state index in [2.05, 4.69) is 5.32 Å². The Morgan fingerprint density at radius 3 is 3.05 bits per heavy atom. The number of rotatable bonds is 3. The first kappa shape index (κ1) is 14.2. The normalized spacial score (nSPS) is 32.9. The summed E-state index contributed by atoms with van der Waals surface area (Å²) in [5.74, 6) is -2.21. The average Bonchev–Trinajstić information content (AvgIpc) is 2.81. The molecular formula is C13H21FN4O. The Bertz CT molecular complexity index is 377. The molecule has 3 atom stereocenters. The molecule has 5 nitrogen and oxygen atoms in total. The summed E-state index contributed by atoms with van der Waals surface area (Å²) < 4.78 is 14.2. The van der Waals surface area contributed by atoms with Crippen molar-refractivity contribution in [1.29, 1.82) is 5.26 Å². The van der Waals surface area contributed by atoms with Gasteiger partial charge in [-0.1, -0.05) is 0 Å². The molecule has 0 bridgehead atoms. The van der Waals surface area contributed by atoms with Gasteiger partial charge in [0.25, 0.3) is 5.79 Å². The van der Waals surface area contributed by atoms with Gasteiger partial charge in [0, 0.05) is 13.0 Å². The predicted molar refractivity (Wildman–Crippen MR) is 68.6 cm³/mol. The van der Waals surface area contributed by atoms with Crippen LogP contribution in [-0.2, 0) is 4.79 Å². The van der Waals surface area contributed by atoms with Crippen molar-refractivity contribution in [1.82, 2.24) is 10.2 Å².